The van der Waals surface area contributed by atoms with Crippen molar-refractivity contribution in [2.75, 3.05) is 0 Å². The third kappa shape index (κ3) is 1.96. The van der Waals surface area contributed by atoms with E-state index in [4.69, 9.17) is 4.74 Å². The third-order valence-corrected chi connectivity index (χ3v) is 2.44. The van der Waals surface area contributed by atoms with Crippen molar-refractivity contribution in [3.63, 3.8) is 0 Å². The van der Waals surface area contributed by atoms with Crippen molar-refractivity contribution in [1.82, 2.24) is 25.2 Å². The van der Waals surface area contributed by atoms with Crippen LogP contribution in [0.15, 0.2) is 30.5 Å². The zero-order valence-electron chi connectivity index (χ0n) is 9.29. The number of rotatable bonds is 3. The van der Waals surface area contributed by atoms with Crippen molar-refractivity contribution in [2.45, 2.75) is 6.61 Å². The molecule has 86 valence electrons. The molecule has 0 unspecified atom stereocenters. The summed E-state index contributed by atoms with van der Waals surface area (Å²) in [5, 5.41) is 12.8. The first-order chi connectivity index (χ1) is 8.31. The monoisotopic (exact) mass is 229 g/mol. The van der Waals surface area contributed by atoms with Gasteiger partial charge in [-0.2, -0.15) is 4.80 Å². The summed E-state index contributed by atoms with van der Waals surface area (Å²) in [5.74, 6) is 1.37. The number of nitrogens with zero attached hydrogens (tertiary/aromatic N) is 4. The molecule has 0 radical (unpaired) electrons. The van der Waals surface area contributed by atoms with Crippen LogP contribution in [0.3, 0.4) is 0 Å². The van der Waals surface area contributed by atoms with E-state index in [2.05, 4.69) is 20.4 Å². The van der Waals surface area contributed by atoms with Gasteiger partial charge in [-0.05, 0) is 29.5 Å². The molecule has 0 atom stereocenters. The van der Waals surface area contributed by atoms with E-state index in [-0.39, 0.29) is 0 Å². The van der Waals surface area contributed by atoms with Gasteiger partial charge in [-0.15, -0.1) is 10.2 Å². The molecule has 3 rings (SSSR count). The largest absolute Gasteiger partial charge is 0.485 e. The van der Waals surface area contributed by atoms with E-state index in [0.29, 0.717) is 12.4 Å². The van der Waals surface area contributed by atoms with Gasteiger partial charge in [-0.1, -0.05) is 0 Å². The number of ether oxygens (including phenoxy) is 1. The highest BCUT2D eigenvalue weighted by atomic mass is 16.5. The normalized spacial score (nSPS) is 10.9. The van der Waals surface area contributed by atoms with Crippen LogP contribution in [0.4, 0.5) is 0 Å². The highest BCUT2D eigenvalue weighted by Crippen LogP contribution is 2.20. The van der Waals surface area contributed by atoms with Crippen molar-refractivity contribution in [2.24, 2.45) is 7.05 Å². The van der Waals surface area contributed by atoms with Crippen LogP contribution in [0.25, 0.3) is 10.9 Å². The number of tetrazole rings is 1. The SMILES string of the molecule is Cn1nnc(COc2ccc3[nH]ccc3c2)n1. The summed E-state index contributed by atoms with van der Waals surface area (Å²) < 4.78 is 5.59. The number of H-pyrrole nitrogens is 1. The maximum absolute atomic E-state index is 5.59. The molecule has 17 heavy (non-hydrogen) atoms. The molecule has 1 N–H and O–H groups in total. The second-order valence-corrected chi connectivity index (χ2v) is 3.71. The van der Waals surface area contributed by atoms with Gasteiger partial charge in [0.15, 0.2) is 6.61 Å². The smallest absolute Gasteiger partial charge is 0.212 e. The third-order valence-electron chi connectivity index (χ3n) is 2.44. The van der Waals surface area contributed by atoms with Gasteiger partial charge in [0.25, 0.3) is 0 Å². The highest BCUT2D eigenvalue weighted by molar-refractivity contribution is 5.80. The molecule has 6 nitrogen and oxygen atoms in total. The first-order valence-corrected chi connectivity index (χ1v) is 5.24. The molecule has 6 heteroatoms. The zero-order valence-corrected chi connectivity index (χ0v) is 9.29. The lowest BCUT2D eigenvalue weighted by molar-refractivity contribution is 0.295. The van der Waals surface area contributed by atoms with Gasteiger partial charge in [0.2, 0.25) is 5.82 Å². The number of fused-ring (bicyclic) bond motifs is 1. The Labute approximate surface area is 97.2 Å². The van der Waals surface area contributed by atoms with Crippen LogP contribution in [0.1, 0.15) is 5.82 Å². The van der Waals surface area contributed by atoms with E-state index in [9.17, 15) is 0 Å². The van der Waals surface area contributed by atoms with E-state index in [0.717, 1.165) is 16.7 Å². The summed E-state index contributed by atoms with van der Waals surface area (Å²) in [6.45, 7) is 0.323. The second kappa shape index (κ2) is 3.89. The molecular formula is C11H11N5O. The lowest BCUT2D eigenvalue weighted by Gasteiger charge is -2.02. The van der Waals surface area contributed by atoms with Crippen molar-refractivity contribution in [3.05, 3.63) is 36.3 Å². The van der Waals surface area contributed by atoms with Gasteiger partial charge in [-0.3, -0.25) is 0 Å². The second-order valence-electron chi connectivity index (χ2n) is 3.71. The number of hydrogen-bond donors (Lipinski definition) is 1. The van der Waals surface area contributed by atoms with E-state index in [1.54, 1.807) is 7.05 Å². The number of hydrogen-bond acceptors (Lipinski definition) is 4. The minimum absolute atomic E-state index is 0.323. The fraction of sp³-hybridized carbons (Fsp3) is 0.182. The molecule has 0 aliphatic rings. The molecule has 2 heterocycles. The van der Waals surface area contributed by atoms with Crippen LogP contribution in [-0.4, -0.2) is 25.2 Å². The molecule has 1 aromatic carbocycles. The Hall–Kier alpha value is -2.37. The molecule has 0 aliphatic carbocycles. The van der Waals surface area contributed by atoms with Crippen molar-refractivity contribution in [1.29, 1.82) is 0 Å². The van der Waals surface area contributed by atoms with Crippen molar-refractivity contribution >= 4 is 10.9 Å². The van der Waals surface area contributed by atoms with Crippen molar-refractivity contribution < 1.29 is 4.74 Å². The Kier molecular flexibility index (Phi) is 2.25. The zero-order chi connectivity index (χ0) is 11.7. The first kappa shape index (κ1) is 9.83. The Morgan fingerprint density at radius 2 is 2.29 bits per heavy atom. The fourth-order valence-electron chi connectivity index (χ4n) is 1.65. The standard InChI is InChI=1S/C11H11N5O/c1-16-14-11(13-15-16)7-17-9-2-3-10-8(6-9)4-5-12-10/h2-6,12H,7H2,1H3. The predicted octanol–water partition coefficient (Wildman–Crippen LogP) is 1.27. The number of aromatic amines is 1. The number of aromatic nitrogens is 5. The molecule has 2 aromatic heterocycles. The first-order valence-electron chi connectivity index (χ1n) is 5.24. The van der Waals surface area contributed by atoms with Gasteiger partial charge in [-0.25, -0.2) is 0 Å². The Morgan fingerprint density at radius 3 is 3.12 bits per heavy atom. The van der Waals surface area contributed by atoms with Gasteiger partial charge in [0.05, 0.1) is 7.05 Å². The quantitative estimate of drug-likeness (QED) is 0.734. The van der Waals surface area contributed by atoms with Crippen LogP contribution in [0.2, 0.25) is 0 Å². The summed E-state index contributed by atoms with van der Waals surface area (Å²) >= 11 is 0. The van der Waals surface area contributed by atoms with Gasteiger partial charge in [0, 0.05) is 17.1 Å². The van der Waals surface area contributed by atoms with E-state index in [1.165, 1.54) is 4.80 Å². The molecule has 0 saturated heterocycles. The molecule has 0 saturated carbocycles. The maximum Gasteiger partial charge on any atom is 0.212 e. The minimum Gasteiger partial charge on any atom is -0.485 e. The highest BCUT2D eigenvalue weighted by Gasteiger charge is 2.02. The number of benzene rings is 1. The van der Waals surface area contributed by atoms with Gasteiger partial charge < -0.3 is 9.72 Å². The van der Waals surface area contributed by atoms with Crippen LogP contribution >= 0.6 is 0 Å². The number of nitrogens with one attached hydrogen (secondary N) is 1. The minimum atomic E-state index is 0.323. The summed E-state index contributed by atoms with van der Waals surface area (Å²) in [4.78, 5) is 4.54. The molecule has 0 bridgehead atoms. The predicted molar refractivity (Wildman–Crippen MR) is 61.4 cm³/mol. The Morgan fingerprint density at radius 1 is 1.35 bits per heavy atom. The summed E-state index contributed by atoms with van der Waals surface area (Å²) in [6, 6.07) is 7.87. The average Bonchev–Trinajstić information content (AvgIpc) is 2.94. The lowest BCUT2D eigenvalue weighted by atomic mass is 10.2. The van der Waals surface area contributed by atoms with Crippen LogP contribution < -0.4 is 4.74 Å². The fourth-order valence-corrected chi connectivity index (χ4v) is 1.65. The molecule has 0 amide bonds. The van der Waals surface area contributed by atoms with Crippen LogP contribution in [0, 0.1) is 0 Å². The lowest BCUT2D eigenvalue weighted by Crippen LogP contribution is -1.99. The average molecular weight is 229 g/mol. The number of aryl methyl sites for hydroxylation is 1. The van der Waals surface area contributed by atoms with Gasteiger partial charge in [0.1, 0.15) is 5.75 Å². The summed E-state index contributed by atoms with van der Waals surface area (Å²) in [5.41, 5.74) is 1.09. The topological polar surface area (TPSA) is 68.6 Å². The Balaban J connectivity index is 1.76. The Bertz CT molecular complexity index is 642. The maximum atomic E-state index is 5.59. The molecule has 0 aliphatic heterocycles. The van der Waals surface area contributed by atoms with Crippen molar-refractivity contribution in [3.8, 4) is 5.75 Å². The van der Waals surface area contributed by atoms with E-state index < -0.39 is 0 Å². The van der Waals surface area contributed by atoms with Crippen LogP contribution in [0.5, 0.6) is 5.75 Å². The molecule has 0 fully saturated rings. The van der Waals surface area contributed by atoms with Crippen LogP contribution in [-0.2, 0) is 13.7 Å². The van der Waals surface area contributed by atoms with E-state index in [1.807, 2.05) is 30.5 Å². The summed E-state index contributed by atoms with van der Waals surface area (Å²) in [7, 11) is 1.72. The molecule has 0 spiro atoms. The summed E-state index contributed by atoms with van der Waals surface area (Å²) in [6.07, 6.45) is 1.90. The molecule has 3 aromatic rings. The molecular weight excluding hydrogens is 218 g/mol. The van der Waals surface area contributed by atoms with Gasteiger partial charge >= 0.3 is 0 Å². The van der Waals surface area contributed by atoms with E-state index >= 15 is 0 Å².